The molecule has 3 heteroatoms. The van der Waals surface area contributed by atoms with Crippen LogP contribution in [0.4, 0.5) is 0 Å². The van der Waals surface area contributed by atoms with Crippen molar-refractivity contribution in [2.24, 2.45) is 0 Å². The lowest BCUT2D eigenvalue weighted by Gasteiger charge is -1.99. The summed E-state index contributed by atoms with van der Waals surface area (Å²) in [6.45, 7) is 0. The summed E-state index contributed by atoms with van der Waals surface area (Å²) in [6.07, 6.45) is 0. The largest absolute Gasteiger partial charge is 0.497 e. The van der Waals surface area contributed by atoms with Crippen LogP contribution in [0.2, 0.25) is 0 Å². The number of methoxy groups -OCH3 is 1. The van der Waals surface area contributed by atoms with Crippen molar-refractivity contribution in [1.82, 2.24) is 4.98 Å². The predicted molar refractivity (Wildman–Crippen MR) is 89.1 cm³/mol. The second kappa shape index (κ2) is 4.86. The fraction of sp³-hybridized carbons (Fsp3) is 0.0556. The molecule has 4 rings (SSSR count). The van der Waals surface area contributed by atoms with Crippen LogP contribution in [0.5, 0.6) is 5.75 Å². The van der Waals surface area contributed by atoms with E-state index >= 15 is 0 Å². The van der Waals surface area contributed by atoms with Crippen LogP contribution in [-0.2, 0) is 0 Å². The van der Waals surface area contributed by atoms with Gasteiger partial charge in [-0.05, 0) is 35.7 Å². The fourth-order valence-electron chi connectivity index (χ4n) is 2.51. The Kier molecular flexibility index (Phi) is 2.86. The molecule has 0 saturated heterocycles. The number of thiazole rings is 1. The van der Waals surface area contributed by atoms with E-state index < -0.39 is 0 Å². The van der Waals surface area contributed by atoms with Crippen LogP contribution in [0, 0.1) is 0 Å². The van der Waals surface area contributed by atoms with Gasteiger partial charge in [0.1, 0.15) is 10.8 Å². The van der Waals surface area contributed by atoms with Crippen molar-refractivity contribution in [2.75, 3.05) is 7.11 Å². The highest BCUT2D eigenvalue weighted by Crippen LogP contribution is 2.35. The third kappa shape index (κ3) is 2.06. The maximum Gasteiger partial charge on any atom is 0.124 e. The zero-order chi connectivity index (χ0) is 14.2. The van der Waals surface area contributed by atoms with Gasteiger partial charge in [0.25, 0.3) is 0 Å². The van der Waals surface area contributed by atoms with Crippen LogP contribution in [0.1, 0.15) is 0 Å². The van der Waals surface area contributed by atoms with Crippen molar-refractivity contribution in [2.45, 2.75) is 0 Å². The molecule has 0 amide bonds. The van der Waals surface area contributed by atoms with Gasteiger partial charge >= 0.3 is 0 Å². The minimum absolute atomic E-state index is 0.866. The molecule has 3 aromatic carbocycles. The van der Waals surface area contributed by atoms with Gasteiger partial charge in [-0.25, -0.2) is 4.98 Å². The highest BCUT2D eigenvalue weighted by molar-refractivity contribution is 7.22. The molecular weight excluding hydrogens is 278 g/mol. The predicted octanol–water partition coefficient (Wildman–Crippen LogP) is 5.13. The highest BCUT2D eigenvalue weighted by atomic mass is 32.1. The Labute approximate surface area is 126 Å². The molecule has 0 aliphatic carbocycles. The average Bonchev–Trinajstić information content (AvgIpc) is 2.99. The van der Waals surface area contributed by atoms with Crippen LogP contribution >= 0.6 is 11.3 Å². The molecule has 0 fully saturated rings. The van der Waals surface area contributed by atoms with Gasteiger partial charge in [0.05, 0.1) is 17.3 Å². The molecule has 0 spiro atoms. The van der Waals surface area contributed by atoms with Crippen molar-refractivity contribution < 1.29 is 4.74 Å². The summed E-state index contributed by atoms with van der Waals surface area (Å²) in [7, 11) is 1.68. The Morgan fingerprint density at radius 3 is 2.52 bits per heavy atom. The monoisotopic (exact) mass is 291 g/mol. The molecule has 0 bridgehead atoms. The van der Waals surface area contributed by atoms with Gasteiger partial charge in [-0.1, -0.05) is 30.3 Å². The quantitative estimate of drug-likeness (QED) is 0.511. The zero-order valence-corrected chi connectivity index (χ0v) is 12.4. The first-order valence-electron chi connectivity index (χ1n) is 6.78. The average molecular weight is 291 g/mol. The Balaban J connectivity index is 1.91. The summed E-state index contributed by atoms with van der Waals surface area (Å²) in [5, 5.41) is 3.58. The van der Waals surface area contributed by atoms with E-state index in [0.717, 1.165) is 21.8 Å². The second-order valence-corrected chi connectivity index (χ2v) is 5.88. The SMILES string of the molecule is COc1ccc(-c2nc3ccc4ccccc4c3s2)cc1. The van der Waals surface area contributed by atoms with Crippen LogP contribution < -0.4 is 4.74 Å². The molecule has 0 saturated carbocycles. The number of aromatic nitrogens is 1. The van der Waals surface area contributed by atoms with Crippen molar-refractivity contribution in [3.05, 3.63) is 60.7 Å². The molecule has 0 aliphatic heterocycles. The number of hydrogen-bond acceptors (Lipinski definition) is 3. The normalized spacial score (nSPS) is 11.1. The molecule has 0 N–H and O–H groups in total. The highest BCUT2D eigenvalue weighted by Gasteiger charge is 2.09. The van der Waals surface area contributed by atoms with Crippen LogP contribution in [0.3, 0.4) is 0 Å². The molecule has 1 aromatic heterocycles. The third-order valence-electron chi connectivity index (χ3n) is 3.62. The van der Waals surface area contributed by atoms with Crippen LogP contribution in [0.25, 0.3) is 31.6 Å². The zero-order valence-electron chi connectivity index (χ0n) is 11.5. The molecular formula is C18H13NOS. The van der Waals surface area contributed by atoms with Gasteiger partial charge in [0, 0.05) is 10.9 Å². The van der Waals surface area contributed by atoms with Gasteiger partial charge in [-0.3, -0.25) is 0 Å². The summed E-state index contributed by atoms with van der Waals surface area (Å²) in [5.41, 5.74) is 2.19. The Bertz CT molecular complexity index is 925. The molecule has 102 valence electrons. The third-order valence-corrected chi connectivity index (χ3v) is 4.77. The fourth-order valence-corrected chi connectivity index (χ4v) is 3.62. The van der Waals surface area contributed by atoms with E-state index in [1.165, 1.54) is 15.5 Å². The van der Waals surface area contributed by atoms with E-state index in [0.29, 0.717) is 0 Å². The molecule has 0 aliphatic rings. The van der Waals surface area contributed by atoms with E-state index in [4.69, 9.17) is 9.72 Å². The molecule has 0 atom stereocenters. The number of nitrogens with zero attached hydrogens (tertiary/aromatic N) is 1. The number of ether oxygens (including phenoxy) is 1. The van der Waals surface area contributed by atoms with Crippen molar-refractivity contribution in [3.63, 3.8) is 0 Å². The second-order valence-electron chi connectivity index (χ2n) is 4.88. The maximum absolute atomic E-state index is 5.20. The number of fused-ring (bicyclic) bond motifs is 3. The standard InChI is InChI=1S/C18H13NOS/c1-20-14-9-6-13(7-10-14)18-19-16-11-8-12-4-2-3-5-15(12)17(16)21-18/h2-11H,1H3. The topological polar surface area (TPSA) is 22.1 Å². The molecule has 4 aromatic rings. The van der Waals surface area contributed by atoms with Crippen molar-refractivity contribution in [3.8, 4) is 16.3 Å². The number of hydrogen-bond donors (Lipinski definition) is 0. The molecule has 2 nitrogen and oxygen atoms in total. The summed E-state index contributed by atoms with van der Waals surface area (Å²) >= 11 is 1.74. The van der Waals surface area contributed by atoms with E-state index in [1.54, 1.807) is 18.4 Å². The van der Waals surface area contributed by atoms with Gasteiger partial charge in [-0.2, -0.15) is 0 Å². The van der Waals surface area contributed by atoms with Gasteiger partial charge in [-0.15, -0.1) is 11.3 Å². The van der Waals surface area contributed by atoms with Gasteiger partial charge in [0.15, 0.2) is 0 Å². The van der Waals surface area contributed by atoms with Crippen molar-refractivity contribution >= 4 is 32.3 Å². The Hall–Kier alpha value is -2.39. The Morgan fingerprint density at radius 1 is 0.905 bits per heavy atom. The summed E-state index contributed by atoms with van der Waals surface area (Å²) in [5.74, 6) is 0.866. The van der Waals surface area contributed by atoms with E-state index in [1.807, 2.05) is 12.1 Å². The minimum atomic E-state index is 0.866. The van der Waals surface area contributed by atoms with Gasteiger partial charge in [0.2, 0.25) is 0 Å². The summed E-state index contributed by atoms with van der Waals surface area (Å²) in [4.78, 5) is 4.77. The minimum Gasteiger partial charge on any atom is -0.497 e. The Morgan fingerprint density at radius 2 is 1.71 bits per heavy atom. The molecule has 0 unspecified atom stereocenters. The van der Waals surface area contributed by atoms with Crippen LogP contribution in [0.15, 0.2) is 60.7 Å². The lowest BCUT2D eigenvalue weighted by atomic mass is 10.1. The van der Waals surface area contributed by atoms with Gasteiger partial charge < -0.3 is 4.74 Å². The van der Waals surface area contributed by atoms with E-state index in [9.17, 15) is 0 Å². The smallest absolute Gasteiger partial charge is 0.124 e. The molecule has 0 radical (unpaired) electrons. The first-order valence-corrected chi connectivity index (χ1v) is 7.59. The first kappa shape index (κ1) is 12.4. The number of benzene rings is 3. The molecule has 1 heterocycles. The lowest BCUT2D eigenvalue weighted by Crippen LogP contribution is -1.82. The summed E-state index contributed by atoms with van der Waals surface area (Å²) in [6, 6.07) is 20.7. The van der Waals surface area contributed by atoms with E-state index in [2.05, 4.69) is 48.5 Å². The lowest BCUT2D eigenvalue weighted by molar-refractivity contribution is 0.415. The maximum atomic E-state index is 5.20. The molecule has 21 heavy (non-hydrogen) atoms. The summed E-state index contributed by atoms with van der Waals surface area (Å²) < 4.78 is 6.45. The van der Waals surface area contributed by atoms with E-state index in [-0.39, 0.29) is 0 Å². The number of rotatable bonds is 2. The van der Waals surface area contributed by atoms with Crippen LogP contribution in [-0.4, -0.2) is 12.1 Å². The first-order chi connectivity index (χ1) is 10.3. The van der Waals surface area contributed by atoms with Crippen molar-refractivity contribution in [1.29, 1.82) is 0 Å².